The number of ketones is 1. The van der Waals surface area contributed by atoms with Gasteiger partial charge in [0.1, 0.15) is 0 Å². The van der Waals surface area contributed by atoms with E-state index in [4.69, 9.17) is 11.6 Å². The number of thiophene rings is 1. The van der Waals surface area contributed by atoms with Crippen molar-refractivity contribution in [2.75, 3.05) is 19.6 Å². The third-order valence-electron chi connectivity index (χ3n) is 4.24. The Balaban J connectivity index is 1.52. The van der Waals surface area contributed by atoms with E-state index in [1.54, 1.807) is 23.1 Å². The number of Topliss-reactive ketones (excluding diaryl/α,β-unsaturated/α-hetero) is 1. The molecule has 0 amide bonds. The van der Waals surface area contributed by atoms with Crippen molar-refractivity contribution < 1.29 is 4.79 Å². The van der Waals surface area contributed by atoms with E-state index < -0.39 is 0 Å². The van der Waals surface area contributed by atoms with Crippen LogP contribution >= 0.6 is 34.7 Å². The predicted octanol–water partition coefficient (Wildman–Crippen LogP) is 6.00. The Morgan fingerprint density at radius 3 is 2.46 bits per heavy atom. The number of hydrogen-bond donors (Lipinski definition) is 0. The van der Waals surface area contributed by atoms with Gasteiger partial charge in [-0.15, -0.1) is 11.3 Å². The first-order valence-corrected chi connectivity index (χ1v) is 10.5. The molecule has 0 bridgehead atoms. The third kappa shape index (κ3) is 5.35. The molecular formula is C19H22ClNOS2. The number of hydrogen-bond acceptors (Lipinski definition) is 4. The highest BCUT2D eigenvalue weighted by atomic mass is 35.5. The molecule has 3 rings (SSSR count). The third-order valence-corrected chi connectivity index (χ3v) is 6.76. The van der Waals surface area contributed by atoms with Crippen LogP contribution in [0.5, 0.6) is 0 Å². The Bertz CT molecular complexity index is 660. The minimum absolute atomic E-state index is 0.271. The number of nitrogens with zero attached hydrogens (tertiary/aromatic N) is 1. The van der Waals surface area contributed by atoms with Crippen LogP contribution < -0.4 is 0 Å². The van der Waals surface area contributed by atoms with Gasteiger partial charge in [0.15, 0.2) is 5.78 Å². The summed E-state index contributed by atoms with van der Waals surface area (Å²) in [7, 11) is 0. The molecule has 5 heteroatoms. The normalized spacial score (nSPS) is 16.0. The van der Waals surface area contributed by atoms with Gasteiger partial charge in [0.05, 0.1) is 9.09 Å². The fourth-order valence-electron chi connectivity index (χ4n) is 2.89. The molecule has 0 saturated carbocycles. The minimum atomic E-state index is 0.271. The van der Waals surface area contributed by atoms with Crippen LogP contribution in [0.25, 0.3) is 0 Å². The smallest absolute Gasteiger partial charge is 0.174 e. The van der Waals surface area contributed by atoms with Crippen molar-refractivity contribution in [3.8, 4) is 0 Å². The number of carbonyl (C=O) groups is 1. The molecule has 0 radical (unpaired) electrons. The molecule has 1 aromatic carbocycles. The first kappa shape index (κ1) is 18.0. The van der Waals surface area contributed by atoms with Gasteiger partial charge in [-0.2, -0.15) is 0 Å². The van der Waals surface area contributed by atoms with Gasteiger partial charge in [0, 0.05) is 22.9 Å². The highest BCUT2D eigenvalue weighted by Gasteiger charge is 2.14. The van der Waals surface area contributed by atoms with E-state index in [1.807, 2.05) is 36.4 Å². The summed E-state index contributed by atoms with van der Waals surface area (Å²) in [6.45, 7) is 3.20. The summed E-state index contributed by atoms with van der Waals surface area (Å²) < 4.78 is 1.15. The van der Waals surface area contributed by atoms with Gasteiger partial charge in [-0.25, -0.2) is 0 Å². The molecule has 24 heavy (non-hydrogen) atoms. The van der Waals surface area contributed by atoms with Crippen LogP contribution in [0.2, 0.25) is 5.02 Å². The van der Waals surface area contributed by atoms with E-state index in [0.717, 1.165) is 38.6 Å². The van der Waals surface area contributed by atoms with E-state index in [1.165, 1.54) is 25.7 Å². The molecule has 1 fully saturated rings. The molecule has 0 N–H and O–H groups in total. The van der Waals surface area contributed by atoms with Crippen LogP contribution in [-0.2, 0) is 0 Å². The standard InChI is InChI=1S/C19H22ClNOS2/c20-15-5-7-16(8-6-15)23-19-10-9-18(24-19)17(22)11-14-21-12-3-1-2-4-13-21/h5-10H,1-4,11-14H2. The molecule has 1 saturated heterocycles. The Hall–Kier alpha value is -0.810. The van der Waals surface area contributed by atoms with Crippen molar-refractivity contribution >= 4 is 40.5 Å². The molecule has 2 aromatic rings. The molecule has 0 unspecified atom stereocenters. The zero-order valence-electron chi connectivity index (χ0n) is 13.7. The van der Waals surface area contributed by atoms with Crippen molar-refractivity contribution in [3.63, 3.8) is 0 Å². The van der Waals surface area contributed by atoms with Crippen molar-refractivity contribution in [2.24, 2.45) is 0 Å². The van der Waals surface area contributed by atoms with Gasteiger partial charge in [0.25, 0.3) is 0 Å². The maximum Gasteiger partial charge on any atom is 0.174 e. The van der Waals surface area contributed by atoms with Crippen molar-refractivity contribution in [2.45, 2.75) is 41.2 Å². The Morgan fingerprint density at radius 2 is 1.75 bits per heavy atom. The maximum atomic E-state index is 12.4. The van der Waals surface area contributed by atoms with E-state index in [-0.39, 0.29) is 5.78 Å². The summed E-state index contributed by atoms with van der Waals surface area (Å²) in [5.74, 6) is 0.271. The second kappa shape index (κ2) is 9.04. The summed E-state index contributed by atoms with van der Waals surface area (Å²) in [4.78, 5) is 16.9. The lowest BCUT2D eigenvalue weighted by molar-refractivity contribution is 0.0969. The summed E-state index contributed by atoms with van der Waals surface area (Å²) >= 11 is 9.19. The SMILES string of the molecule is O=C(CCN1CCCCCC1)c1ccc(Sc2ccc(Cl)cc2)s1. The van der Waals surface area contributed by atoms with Crippen LogP contribution in [0.4, 0.5) is 0 Å². The number of carbonyl (C=O) groups excluding carboxylic acids is 1. The van der Waals surface area contributed by atoms with E-state index in [0.29, 0.717) is 6.42 Å². The quantitative estimate of drug-likeness (QED) is 0.574. The molecule has 2 nitrogen and oxygen atoms in total. The van der Waals surface area contributed by atoms with Gasteiger partial charge < -0.3 is 4.90 Å². The lowest BCUT2D eigenvalue weighted by atomic mass is 10.2. The largest absolute Gasteiger partial charge is 0.303 e. The van der Waals surface area contributed by atoms with Gasteiger partial charge in [-0.3, -0.25) is 4.79 Å². The van der Waals surface area contributed by atoms with Crippen molar-refractivity contribution in [3.05, 3.63) is 46.3 Å². The average Bonchev–Trinajstić information content (AvgIpc) is 2.89. The Labute approximate surface area is 157 Å². The lowest BCUT2D eigenvalue weighted by Gasteiger charge is -2.18. The number of halogens is 1. The Kier molecular flexibility index (Phi) is 6.78. The zero-order chi connectivity index (χ0) is 16.8. The van der Waals surface area contributed by atoms with Gasteiger partial charge in [0.2, 0.25) is 0 Å². The van der Waals surface area contributed by atoms with Crippen LogP contribution in [0.3, 0.4) is 0 Å². The molecule has 0 aliphatic carbocycles. The summed E-state index contributed by atoms with van der Waals surface area (Å²) in [5, 5.41) is 0.745. The summed E-state index contributed by atoms with van der Waals surface area (Å²) in [6.07, 6.45) is 5.84. The molecule has 128 valence electrons. The molecule has 0 atom stereocenters. The minimum Gasteiger partial charge on any atom is -0.303 e. The number of likely N-dealkylation sites (tertiary alicyclic amines) is 1. The highest BCUT2D eigenvalue weighted by molar-refractivity contribution is 8.01. The fourth-order valence-corrected chi connectivity index (χ4v) is 5.08. The van der Waals surface area contributed by atoms with Crippen molar-refractivity contribution in [1.29, 1.82) is 0 Å². The van der Waals surface area contributed by atoms with Gasteiger partial charge in [-0.05, 0) is 62.3 Å². The molecule has 2 heterocycles. The van der Waals surface area contributed by atoms with Gasteiger partial charge in [-0.1, -0.05) is 36.2 Å². The predicted molar refractivity (Wildman–Crippen MR) is 104 cm³/mol. The van der Waals surface area contributed by atoms with E-state index >= 15 is 0 Å². The van der Waals surface area contributed by atoms with Crippen LogP contribution in [0.15, 0.2) is 45.5 Å². The van der Waals surface area contributed by atoms with Crippen LogP contribution in [0.1, 0.15) is 41.8 Å². The maximum absolute atomic E-state index is 12.4. The second-order valence-electron chi connectivity index (χ2n) is 6.10. The second-order valence-corrected chi connectivity index (χ2v) is 9.00. The fraction of sp³-hybridized carbons (Fsp3) is 0.421. The zero-order valence-corrected chi connectivity index (χ0v) is 16.1. The lowest BCUT2D eigenvalue weighted by Crippen LogP contribution is -2.27. The first-order valence-electron chi connectivity index (χ1n) is 8.49. The molecule has 0 spiro atoms. The van der Waals surface area contributed by atoms with Crippen LogP contribution in [0, 0.1) is 0 Å². The molecule has 1 aliphatic rings. The number of benzene rings is 1. The van der Waals surface area contributed by atoms with Gasteiger partial charge >= 0.3 is 0 Å². The summed E-state index contributed by atoms with van der Waals surface area (Å²) in [6, 6.07) is 11.8. The molecular weight excluding hydrogens is 358 g/mol. The monoisotopic (exact) mass is 379 g/mol. The highest BCUT2D eigenvalue weighted by Crippen LogP contribution is 2.34. The van der Waals surface area contributed by atoms with Crippen molar-refractivity contribution in [1.82, 2.24) is 4.90 Å². The first-order chi connectivity index (χ1) is 11.7. The van der Waals surface area contributed by atoms with E-state index in [2.05, 4.69) is 4.90 Å². The molecule has 1 aromatic heterocycles. The topological polar surface area (TPSA) is 20.3 Å². The Morgan fingerprint density at radius 1 is 1.04 bits per heavy atom. The number of rotatable bonds is 6. The molecule has 1 aliphatic heterocycles. The van der Waals surface area contributed by atoms with E-state index in [9.17, 15) is 4.79 Å². The average molecular weight is 380 g/mol. The summed E-state index contributed by atoms with van der Waals surface area (Å²) in [5.41, 5.74) is 0. The van der Waals surface area contributed by atoms with Crippen LogP contribution in [-0.4, -0.2) is 30.3 Å².